The SMILES string of the molecule is CCOC(=O)c1c(C(F)(F)F)ccc(CBr)c1C#N. The highest BCUT2D eigenvalue weighted by atomic mass is 79.9. The summed E-state index contributed by atoms with van der Waals surface area (Å²) in [4.78, 5) is 11.7. The average molecular weight is 336 g/mol. The zero-order chi connectivity index (χ0) is 14.6. The monoisotopic (exact) mass is 335 g/mol. The number of esters is 1. The van der Waals surface area contributed by atoms with Gasteiger partial charge in [-0.1, -0.05) is 22.0 Å². The van der Waals surface area contributed by atoms with Gasteiger partial charge < -0.3 is 4.74 Å². The van der Waals surface area contributed by atoms with Gasteiger partial charge in [-0.05, 0) is 18.6 Å². The minimum absolute atomic E-state index is 0.0699. The molecule has 0 aliphatic rings. The minimum atomic E-state index is -4.72. The molecule has 1 aromatic rings. The Morgan fingerprint density at radius 2 is 2.11 bits per heavy atom. The lowest BCUT2D eigenvalue weighted by Gasteiger charge is -2.15. The van der Waals surface area contributed by atoms with E-state index in [0.29, 0.717) is 5.56 Å². The van der Waals surface area contributed by atoms with E-state index in [1.165, 1.54) is 13.0 Å². The maximum atomic E-state index is 12.9. The highest BCUT2D eigenvalue weighted by molar-refractivity contribution is 9.08. The molecule has 0 N–H and O–H groups in total. The number of carbonyl (C=O) groups is 1. The highest BCUT2D eigenvalue weighted by Gasteiger charge is 2.37. The van der Waals surface area contributed by atoms with Gasteiger partial charge in [0, 0.05) is 5.33 Å². The van der Waals surface area contributed by atoms with Gasteiger partial charge >= 0.3 is 12.1 Å². The molecular formula is C12H9BrF3NO2. The predicted octanol–water partition coefficient (Wildman–Crippen LogP) is 3.65. The zero-order valence-corrected chi connectivity index (χ0v) is 11.4. The van der Waals surface area contributed by atoms with Crippen LogP contribution in [0.2, 0.25) is 0 Å². The molecule has 0 fully saturated rings. The van der Waals surface area contributed by atoms with Crippen LogP contribution in [0.25, 0.3) is 0 Å². The van der Waals surface area contributed by atoms with Crippen molar-refractivity contribution < 1.29 is 22.7 Å². The largest absolute Gasteiger partial charge is 0.462 e. The van der Waals surface area contributed by atoms with E-state index in [1.54, 1.807) is 6.07 Å². The van der Waals surface area contributed by atoms with E-state index in [2.05, 4.69) is 20.7 Å². The Morgan fingerprint density at radius 1 is 1.47 bits per heavy atom. The van der Waals surface area contributed by atoms with Gasteiger partial charge in [0.2, 0.25) is 0 Å². The van der Waals surface area contributed by atoms with Crippen LogP contribution in [0.1, 0.15) is 34.0 Å². The third kappa shape index (κ3) is 3.26. The number of nitrogens with zero attached hydrogens (tertiary/aromatic N) is 1. The first-order chi connectivity index (χ1) is 8.86. The van der Waals surface area contributed by atoms with Crippen molar-refractivity contribution in [1.82, 2.24) is 0 Å². The molecule has 0 aliphatic carbocycles. The molecule has 0 atom stereocenters. The van der Waals surface area contributed by atoms with Crippen molar-refractivity contribution in [1.29, 1.82) is 5.26 Å². The first-order valence-corrected chi connectivity index (χ1v) is 6.35. The van der Waals surface area contributed by atoms with E-state index < -0.39 is 23.3 Å². The standard InChI is InChI=1S/C12H9BrF3NO2/c1-2-19-11(18)10-8(6-17)7(5-13)3-4-9(10)12(14,15)16/h3-4H,2,5H2,1H3. The van der Waals surface area contributed by atoms with Gasteiger partial charge in [0.15, 0.2) is 0 Å². The minimum Gasteiger partial charge on any atom is -0.462 e. The number of nitriles is 1. The van der Waals surface area contributed by atoms with Crippen molar-refractivity contribution >= 4 is 21.9 Å². The summed E-state index contributed by atoms with van der Waals surface area (Å²) >= 11 is 3.06. The number of hydrogen-bond acceptors (Lipinski definition) is 3. The maximum Gasteiger partial charge on any atom is 0.417 e. The van der Waals surface area contributed by atoms with Crippen LogP contribution in [0.4, 0.5) is 13.2 Å². The summed E-state index contributed by atoms with van der Waals surface area (Å²) in [6.07, 6.45) is -4.72. The van der Waals surface area contributed by atoms with Crippen LogP contribution >= 0.6 is 15.9 Å². The van der Waals surface area contributed by atoms with Crippen molar-refractivity contribution in [2.75, 3.05) is 6.61 Å². The molecule has 19 heavy (non-hydrogen) atoms. The average Bonchev–Trinajstić information content (AvgIpc) is 2.35. The van der Waals surface area contributed by atoms with Gasteiger partial charge in [-0.3, -0.25) is 0 Å². The van der Waals surface area contributed by atoms with E-state index in [9.17, 15) is 18.0 Å². The Kier molecular flexibility index (Phi) is 4.95. The summed E-state index contributed by atoms with van der Waals surface area (Å²) in [5.74, 6) is -1.14. The fraction of sp³-hybridized carbons (Fsp3) is 0.333. The second-order valence-corrected chi connectivity index (χ2v) is 4.05. The maximum absolute atomic E-state index is 12.9. The third-order valence-corrected chi connectivity index (χ3v) is 2.94. The van der Waals surface area contributed by atoms with Gasteiger partial charge in [0.25, 0.3) is 0 Å². The number of rotatable bonds is 3. The van der Waals surface area contributed by atoms with Crippen molar-refractivity contribution in [3.05, 3.63) is 34.4 Å². The van der Waals surface area contributed by atoms with Crippen molar-refractivity contribution in [2.24, 2.45) is 0 Å². The molecule has 0 unspecified atom stereocenters. The molecular weight excluding hydrogens is 327 g/mol. The lowest BCUT2D eigenvalue weighted by Crippen LogP contribution is -2.18. The Balaban J connectivity index is 3.60. The summed E-state index contributed by atoms with van der Waals surface area (Å²) in [6, 6.07) is 3.58. The second kappa shape index (κ2) is 6.06. The van der Waals surface area contributed by atoms with E-state index in [0.717, 1.165) is 6.07 Å². The molecule has 7 heteroatoms. The summed E-state index contributed by atoms with van der Waals surface area (Å²) in [6.45, 7) is 1.41. The summed E-state index contributed by atoms with van der Waals surface area (Å²) in [7, 11) is 0. The Morgan fingerprint density at radius 3 is 2.53 bits per heavy atom. The Labute approximate surface area is 116 Å². The zero-order valence-electron chi connectivity index (χ0n) is 9.84. The molecule has 0 heterocycles. The molecule has 3 nitrogen and oxygen atoms in total. The number of halogens is 4. The quantitative estimate of drug-likeness (QED) is 0.625. The smallest absolute Gasteiger partial charge is 0.417 e. The molecule has 0 spiro atoms. The van der Waals surface area contributed by atoms with Gasteiger partial charge in [-0.15, -0.1) is 0 Å². The van der Waals surface area contributed by atoms with Crippen LogP contribution in [0.5, 0.6) is 0 Å². The van der Waals surface area contributed by atoms with Crippen LogP contribution < -0.4 is 0 Å². The Bertz CT molecular complexity index is 535. The molecule has 1 rings (SSSR count). The number of carbonyl (C=O) groups excluding carboxylic acids is 1. The first-order valence-electron chi connectivity index (χ1n) is 5.23. The first kappa shape index (κ1) is 15.5. The van der Waals surface area contributed by atoms with Gasteiger partial charge in [-0.25, -0.2) is 4.79 Å². The molecule has 0 saturated carbocycles. The van der Waals surface area contributed by atoms with E-state index in [1.807, 2.05) is 0 Å². The fourth-order valence-corrected chi connectivity index (χ4v) is 2.00. The van der Waals surface area contributed by atoms with Crippen molar-refractivity contribution in [3.8, 4) is 6.07 Å². The lowest BCUT2D eigenvalue weighted by atomic mass is 9.97. The molecule has 1 aromatic carbocycles. The van der Waals surface area contributed by atoms with Crippen molar-refractivity contribution in [2.45, 2.75) is 18.4 Å². The number of hydrogen-bond donors (Lipinski definition) is 0. The van der Waals surface area contributed by atoms with E-state index in [-0.39, 0.29) is 17.5 Å². The third-order valence-electron chi connectivity index (χ3n) is 2.33. The molecule has 0 radical (unpaired) electrons. The number of alkyl halides is 4. The molecule has 0 amide bonds. The summed E-state index contributed by atoms with van der Waals surface area (Å²) < 4.78 is 43.2. The van der Waals surface area contributed by atoms with Gasteiger partial charge in [0.1, 0.15) is 6.07 Å². The van der Waals surface area contributed by atoms with E-state index in [4.69, 9.17) is 5.26 Å². The topological polar surface area (TPSA) is 50.1 Å². The summed E-state index contributed by atoms with van der Waals surface area (Å²) in [5.41, 5.74) is -1.90. The molecule has 0 saturated heterocycles. The van der Waals surface area contributed by atoms with Crippen LogP contribution in [0, 0.1) is 11.3 Å². The molecule has 0 bridgehead atoms. The Hall–Kier alpha value is -1.55. The van der Waals surface area contributed by atoms with Crippen LogP contribution in [0.3, 0.4) is 0 Å². The van der Waals surface area contributed by atoms with Crippen LogP contribution in [-0.2, 0) is 16.2 Å². The van der Waals surface area contributed by atoms with Crippen LogP contribution in [-0.4, -0.2) is 12.6 Å². The predicted molar refractivity (Wildman–Crippen MR) is 64.7 cm³/mol. The molecule has 0 aromatic heterocycles. The number of ether oxygens (including phenoxy) is 1. The second-order valence-electron chi connectivity index (χ2n) is 3.49. The number of benzene rings is 1. The van der Waals surface area contributed by atoms with Crippen molar-refractivity contribution in [3.63, 3.8) is 0 Å². The molecule has 0 aliphatic heterocycles. The highest BCUT2D eigenvalue weighted by Crippen LogP contribution is 2.35. The lowest BCUT2D eigenvalue weighted by molar-refractivity contribution is -0.138. The van der Waals surface area contributed by atoms with E-state index >= 15 is 0 Å². The van der Waals surface area contributed by atoms with Gasteiger partial charge in [-0.2, -0.15) is 18.4 Å². The fourth-order valence-electron chi connectivity index (χ4n) is 1.54. The normalized spacial score (nSPS) is 10.9. The summed E-state index contributed by atoms with van der Waals surface area (Å²) in [5, 5.41) is 9.16. The molecule has 102 valence electrons. The van der Waals surface area contributed by atoms with Crippen LogP contribution in [0.15, 0.2) is 12.1 Å². The van der Waals surface area contributed by atoms with Gasteiger partial charge in [0.05, 0.1) is 23.3 Å².